The fraction of sp³-hybridized carbons (Fsp3) is 0.115. The van der Waals surface area contributed by atoms with E-state index in [0.717, 1.165) is 17.1 Å². The Balaban J connectivity index is 1.06. The minimum atomic E-state index is -0.0505. The van der Waals surface area contributed by atoms with Crippen LogP contribution in [0.25, 0.3) is 45.6 Å². The van der Waals surface area contributed by atoms with E-state index in [9.17, 15) is 0 Å². The fourth-order valence-corrected chi connectivity index (χ4v) is 8.55. The van der Waals surface area contributed by atoms with E-state index in [1.165, 1.54) is 66.8 Å². The lowest BCUT2D eigenvalue weighted by Gasteiger charge is -2.28. The third-order valence-corrected chi connectivity index (χ3v) is 11.5. The van der Waals surface area contributed by atoms with Crippen LogP contribution in [0.1, 0.15) is 61.1 Å². The third-order valence-electron chi connectivity index (χ3n) is 11.5. The summed E-state index contributed by atoms with van der Waals surface area (Å²) in [6.07, 6.45) is 4.73. The molecule has 7 aromatic carbocycles. The highest BCUT2D eigenvalue weighted by Gasteiger charge is 2.34. The Morgan fingerprint density at radius 1 is 0.302 bits per heavy atom. The molecule has 1 heteroatoms. The molecule has 0 spiro atoms. The molecule has 0 saturated heterocycles. The Morgan fingerprint density at radius 3 is 0.981 bits per heavy atom. The van der Waals surface area contributed by atoms with Crippen molar-refractivity contribution in [2.45, 2.75) is 38.5 Å². The van der Waals surface area contributed by atoms with Crippen molar-refractivity contribution in [3.8, 4) is 22.3 Å². The maximum atomic E-state index is 2.38. The van der Waals surface area contributed by atoms with Gasteiger partial charge in [-0.15, -0.1) is 0 Å². The summed E-state index contributed by atoms with van der Waals surface area (Å²) < 4.78 is 0. The Kier molecular flexibility index (Phi) is 7.90. The topological polar surface area (TPSA) is 3.24 Å². The second kappa shape index (κ2) is 12.8. The lowest BCUT2D eigenvalue weighted by Crippen LogP contribution is -2.16. The van der Waals surface area contributed by atoms with Gasteiger partial charge in [0.25, 0.3) is 0 Å². The molecule has 0 aliphatic heterocycles. The minimum absolute atomic E-state index is 0.0505. The molecule has 0 heterocycles. The zero-order chi connectivity index (χ0) is 36.2. The van der Waals surface area contributed by atoms with Gasteiger partial charge in [-0.2, -0.15) is 0 Å². The van der Waals surface area contributed by atoms with Crippen molar-refractivity contribution in [1.29, 1.82) is 0 Å². The normalized spacial score (nSPS) is 14.9. The van der Waals surface area contributed by atoms with Crippen LogP contribution < -0.4 is 4.90 Å². The van der Waals surface area contributed by atoms with E-state index < -0.39 is 0 Å². The average molecular weight is 682 g/mol. The van der Waals surface area contributed by atoms with Gasteiger partial charge in [0, 0.05) is 27.9 Å². The lowest BCUT2D eigenvalue weighted by atomic mass is 9.78. The maximum absolute atomic E-state index is 2.38. The van der Waals surface area contributed by atoms with E-state index in [-0.39, 0.29) is 10.8 Å². The van der Waals surface area contributed by atoms with E-state index in [0.29, 0.717) is 0 Å². The van der Waals surface area contributed by atoms with Crippen molar-refractivity contribution in [2.24, 2.45) is 0 Å². The third kappa shape index (κ3) is 5.74. The first kappa shape index (κ1) is 32.7. The fourth-order valence-electron chi connectivity index (χ4n) is 8.55. The van der Waals surface area contributed by atoms with Gasteiger partial charge in [-0.05, 0) is 115 Å². The predicted molar refractivity (Wildman–Crippen MR) is 227 cm³/mol. The van der Waals surface area contributed by atoms with Gasteiger partial charge in [-0.1, -0.05) is 167 Å². The number of benzene rings is 7. The van der Waals surface area contributed by atoms with E-state index in [2.05, 4.69) is 221 Å². The number of anilines is 3. The van der Waals surface area contributed by atoms with Crippen LogP contribution in [0, 0.1) is 0 Å². The molecular formula is C52H43N. The van der Waals surface area contributed by atoms with E-state index >= 15 is 0 Å². The van der Waals surface area contributed by atoms with Gasteiger partial charge in [0.1, 0.15) is 0 Å². The Bertz CT molecular complexity index is 2380. The Hall–Kier alpha value is -6.18. The van der Waals surface area contributed by atoms with E-state index in [1.807, 2.05) is 0 Å². The van der Waals surface area contributed by atoms with Crippen LogP contribution in [0.3, 0.4) is 0 Å². The summed E-state index contributed by atoms with van der Waals surface area (Å²) in [5.74, 6) is 0. The molecule has 256 valence electrons. The van der Waals surface area contributed by atoms with Crippen molar-refractivity contribution in [1.82, 2.24) is 0 Å². The molecule has 0 atom stereocenters. The summed E-state index contributed by atoms with van der Waals surface area (Å²) in [5.41, 5.74) is 18.8. The number of nitrogens with zero attached hydrogens (tertiary/aromatic N) is 1. The van der Waals surface area contributed by atoms with Gasteiger partial charge < -0.3 is 4.90 Å². The molecule has 0 N–H and O–H groups in total. The monoisotopic (exact) mass is 681 g/mol. The van der Waals surface area contributed by atoms with Crippen LogP contribution in [0.5, 0.6) is 0 Å². The highest BCUT2D eigenvalue weighted by Crippen LogP contribution is 2.48. The van der Waals surface area contributed by atoms with Gasteiger partial charge in [0.2, 0.25) is 0 Å². The summed E-state index contributed by atoms with van der Waals surface area (Å²) in [6.45, 7) is 9.34. The van der Waals surface area contributed by atoms with Crippen molar-refractivity contribution >= 4 is 40.4 Å². The number of hydrogen-bond acceptors (Lipinski definition) is 1. The summed E-state index contributed by atoms with van der Waals surface area (Å²) in [4.78, 5) is 2.38. The lowest BCUT2D eigenvalue weighted by molar-refractivity contribution is 0.704. The number of rotatable bonds is 7. The van der Waals surface area contributed by atoms with Crippen molar-refractivity contribution in [2.75, 3.05) is 4.90 Å². The van der Waals surface area contributed by atoms with Gasteiger partial charge >= 0.3 is 0 Å². The predicted octanol–water partition coefficient (Wildman–Crippen LogP) is 14.2. The molecule has 1 nitrogen and oxygen atoms in total. The second-order valence-electron chi connectivity index (χ2n) is 15.5. The van der Waals surface area contributed by atoms with Crippen LogP contribution in [0.2, 0.25) is 0 Å². The van der Waals surface area contributed by atoms with Crippen LogP contribution in [0.15, 0.2) is 176 Å². The smallest absolute Gasteiger partial charge is 0.0462 e. The van der Waals surface area contributed by atoms with Gasteiger partial charge in [0.05, 0.1) is 0 Å². The second-order valence-corrected chi connectivity index (χ2v) is 15.5. The molecule has 0 bridgehead atoms. The first-order chi connectivity index (χ1) is 25.8. The highest BCUT2D eigenvalue weighted by atomic mass is 15.1. The van der Waals surface area contributed by atoms with Gasteiger partial charge in [-0.25, -0.2) is 0 Å². The molecule has 7 aromatic rings. The largest absolute Gasteiger partial charge is 0.311 e. The van der Waals surface area contributed by atoms with Crippen molar-refractivity contribution < 1.29 is 0 Å². The number of hydrogen-bond donors (Lipinski definition) is 0. The molecule has 0 fully saturated rings. The zero-order valence-corrected chi connectivity index (χ0v) is 30.8. The Morgan fingerprint density at radius 2 is 0.604 bits per heavy atom. The number of fused-ring (bicyclic) bond motifs is 2. The zero-order valence-electron chi connectivity index (χ0n) is 30.8. The summed E-state index contributed by atoms with van der Waals surface area (Å²) >= 11 is 0. The minimum Gasteiger partial charge on any atom is -0.311 e. The SMILES string of the molecule is CC1(C)C(c2ccc(N(c3ccc(C4=Cc5ccccc5C4(C)C)cc3)c3ccc(-c4ccc(-c5ccccc5)cc4)cc3)cc2)=Cc2ccccc21. The molecule has 0 aromatic heterocycles. The molecule has 0 saturated carbocycles. The molecule has 2 aliphatic rings. The number of allylic oxidation sites excluding steroid dienone is 2. The van der Waals surface area contributed by atoms with Crippen molar-refractivity contribution in [3.63, 3.8) is 0 Å². The van der Waals surface area contributed by atoms with Gasteiger partial charge in [0.15, 0.2) is 0 Å². The molecule has 9 rings (SSSR count). The first-order valence-electron chi connectivity index (χ1n) is 18.7. The quantitative estimate of drug-likeness (QED) is 0.162. The standard InChI is InChI=1S/C52H43N/c1-51(2)47-16-10-8-14-42(47)34-49(51)40-24-30-45(31-25-40)53(46-32-26-41(27-33-46)50-35-43-15-9-11-17-48(43)52(50,3)4)44-28-22-39(23-29-44)38-20-18-37(19-21-38)36-12-6-5-7-13-36/h5-35H,1-4H3. The van der Waals surface area contributed by atoms with Crippen LogP contribution in [-0.4, -0.2) is 0 Å². The molecule has 53 heavy (non-hydrogen) atoms. The summed E-state index contributed by atoms with van der Waals surface area (Å²) in [7, 11) is 0. The molecule has 0 unspecified atom stereocenters. The molecule has 0 radical (unpaired) electrons. The van der Waals surface area contributed by atoms with E-state index in [4.69, 9.17) is 0 Å². The summed E-state index contributed by atoms with van der Waals surface area (Å²) in [6, 6.07) is 64.3. The first-order valence-corrected chi connectivity index (χ1v) is 18.7. The molecule has 0 amide bonds. The van der Waals surface area contributed by atoms with Crippen molar-refractivity contribution in [3.05, 3.63) is 209 Å². The van der Waals surface area contributed by atoms with Gasteiger partial charge in [-0.3, -0.25) is 0 Å². The molecular weight excluding hydrogens is 639 g/mol. The Labute approximate surface area is 314 Å². The van der Waals surface area contributed by atoms with Crippen LogP contribution in [-0.2, 0) is 10.8 Å². The van der Waals surface area contributed by atoms with E-state index in [1.54, 1.807) is 0 Å². The maximum Gasteiger partial charge on any atom is 0.0462 e. The summed E-state index contributed by atoms with van der Waals surface area (Å²) in [5, 5.41) is 0. The van der Waals surface area contributed by atoms with Crippen LogP contribution >= 0.6 is 0 Å². The molecule has 2 aliphatic carbocycles. The van der Waals surface area contributed by atoms with Crippen LogP contribution in [0.4, 0.5) is 17.1 Å². The average Bonchev–Trinajstić information content (AvgIpc) is 3.64. The highest BCUT2D eigenvalue weighted by molar-refractivity contribution is 5.95.